The van der Waals surface area contributed by atoms with Crippen molar-refractivity contribution in [1.82, 2.24) is 24.9 Å². The fourth-order valence-corrected chi connectivity index (χ4v) is 3.70. The Balaban J connectivity index is 1.71. The number of benzene rings is 1. The number of hydrogen-bond acceptors (Lipinski definition) is 4. The molecule has 28 heavy (non-hydrogen) atoms. The Kier molecular flexibility index (Phi) is 4.50. The van der Waals surface area contributed by atoms with Gasteiger partial charge in [0.05, 0.1) is 18.5 Å². The van der Waals surface area contributed by atoms with Gasteiger partial charge in [-0.1, -0.05) is 26.0 Å². The number of aliphatic hydroxyl groups is 1. The van der Waals surface area contributed by atoms with E-state index in [1.54, 1.807) is 40.0 Å². The lowest BCUT2D eigenvalue weighted by Gasteiger charge is -2.29. The van der Waals surface area contributed by atoms with Crippen LogP contribution in [0.1, 0.15) is 41.3 Å². The molecule has 2 aromatic heterocycles. The van der Waals surface area contributed by atoms with Crippen LogP contribution in [-0.4, -0.2) is 42.4 Å². The van der Waals surface area contributed by atoms with Crippen molar-refractivity contribution >= 4 is 5.91 Å². The summed E-state index contributed by atoms with van der Waals surface area (Å²) in [4.78, 5) is 14.7. The Bertz CT molecular complexity index is 1020. The molecule has 3 heterocycles. The lowest BCUT2D eigenvalue weighted by Crippen LogP contribution is -2.37. The van der Waals surface area contributed by atoms with Gasteiger partial charge >= 0.3 is 0 Å². The van der Waals surface area contributed by atoms with Gasteiger partial charge in [0.25, 0.3) is 5.91 Å². The van der Waals surface area contributed by atoms with Crippen LogP contribution < -0.4 is 0 Å². The summed E-state index contributed by atoms with van der Waals surface area (Å²) in [6, 6.07) is 8.10. The maximum Gasteiger partial charge on any atom is 0.274 e. The van der Waals surface area contributed by atoms with Crippen LogP contribution in [0.4, 0.5) is 4.39 Å². The Morgan fingerprint density at radius 2 is 2.14 bits per heavy atom. The zero-order valence-electron chi connectivity index (χ0n) is 15.8. The number of H-pyrrole nitrogens is 1. The van der Waals surface area contributed by atoms with E-state index in [1.807, 2.05) is 0 Å². The highest BCUT2D eigenvalue weighted by atomic mass is 19.1. The Morgan fingerprint density at radius 3 is 2.86 bits per heavy atom. The van der Waals surface area contributed by atoms with E-state index in [2.05, 4.69) is 29.1 Å². The van der Waals surface area contributed by atoms with E-state index >= 15 is 0 Å². The molecule has 146 valence electrons. The first-order chi connectivity index (χ1) is 13.4. The van der Waals surface area contributed by atoms with E-state index in [0.717, 1.165) is 11.3 Å². The average Bonchev–Trinajstić information content (AvgIpc) is 3.25. The molecule has 0 fully saturated rings. The minimum absolute atomic E-state index is 0.203. The Morgan fingerprint density at radius 1 is 1.36 bits per heavy atom. The molecule has 3 aromatic rings. The number of nitrogens with one attached hydrogen (secondary N) is 1. The summed E-state index contributed by atoms with van der Waals surface area (Å²) in [6.45, 7) is 4.84. The van der Waals surface area contributed by atoms with E-state index in [0.29, 0.717) is 30.9 Å². The van der Waals surface area contributed by atoms with Crippen molar-refractivity contribution in [3.63, 3.8) is 0 Å². The van der Waals surface area contributed by atoms with E-state index in [9.17, 15) is 14.3 Å². The predicted molar refractivity (Wildman–Crippen MR) is 100 cm³/mol. The van der Waals surface area contributed by atoms with Gasteiger partial charge in [-0.15, -0.1) is 0 Å². The largest absolute Gasteiger partial charge is 0.390 e. The molecule has 1 aliphatic heterocycles. The number of carbonyl (C=O) groups excluding carboxylic acids is 1. The molecule has 8 heteroatoms. The van der Waals surface area contributed by atoms with E-state index in [1.165, 1.54) is 6.07 Å². The summed E-state index contributed by atoms with van der Waals surface area (Å²) in [6.07, 6.45) is 2.36. The number of carbonyl (C=O) groups is 1. The molecule has 0 bridgehead atoms. The summed E-state index contributed by atoms with van der Waals surface area (Å²) in [5.74, 6) is -0.549. The van der Waals surface area contributed by atoms with Gasteiger partial charge in [0.2, 0.25) is 0 Å². The van der Waals surface area contributed by atoms with Gasteiger partial charge in [-0.2, -0.15) is 10.2 Å². The predicted octanol–water partition coefficient (Wildman–Crippen LogP) is 2.45. The topological polar surface area (TPSA) is 87.0 Å². The van der Waals surface area contributed by atoms with Crippen molar-refractivity contribution in [1.29, 1.82) is 0 Å². The minimum atomic E-state index is -0.337. The highest BCUT2D eigenvalue weighted by Crippen LogP contribution is 2.32. The van der Waals surface area contributed by atoms with Crippen molar-refractivity contribution < 1.29 is 14.3 Å². The molecular formula is C20H22FN5O2. The molecule has 0 spiro atoms. The van der Waals surface area contributed by atoms with Gasteiger partial charge in [0, 0.05) is 24.3 Å². The minimum Gasteiger partial charge on any atom is -0.390 e. The molecule has 7 nitrogen and oxygen atoms in total. The number of para-hydroxylation sites is 1. The van der Waals surface area contributed by atoms with Gasteiger partial charge in [0.1, 0.15) is 11.5 Å². The molecule has 0 unspecified atom stereocenters. The fourth-order valence-electron chi connectivity index (χ4n) is 3.70. The number of halogens is 1. The lowest BCUT2D eigenvalue weighted by atomic mass is 9.87. The van der Waals surface area contributed by atoms with E-state index in [-0.39, 0.29) is 29.4 Å². The van der Waals surface area contributed by atoms with Gasteiger partial charge in [0.15, 0.2) is 5.69 Å². The summed E-state index contributed by atoms with van der Waals surface area (Å²) in [5, 5.41) is 20.3. The summed E-state index contributed by atoms with van der Waals surface area (Å²) in [5.41, 5.74) is 2.72. The summed E-state index contributed by atoms with van der Waals surface area (Å²) in [7, 11) is 0. The van der Waals surface area contributed by atoms with Crippen LogP contribution >= 0.6 is 0 Å². The van der Waals surface area contributed by atoms with E-state index < -0.39 is 0 Å². The SMILES string of the molecule is CC1(C)Cc2c(cnn2-c2ccccc2F)CN(C(=O)c2cc(CO)[nH]n2)C1. The second-order valence-electron chi connectivity index (χ2n) is 7.92. The monoisotopic (exact) mass is 383 g/mol. The molecule has 1 amide bonds. The van der Waals surface area contributed by atoms with Crippen LogP contribution in [0.2, 0.25) is 0 Å². The number of nitrogens with zero attached hydrogens (tertiary/aromatic N) is 4. The van der Waals surface area contributed by atoms with Crippen molar-refractivity contribution in [3.8, 4) is 5.69 Å². The maximum absolute atomic E-state index is 14.3. The second kappa shape index (κ2) is 6.87. The van der Waals surface area contributed by atoms with Crippen LogP contribution in [-0.2, 0) is 19.6 Å². The summed E-state index contributed by atoms with van der Waals surface area (Å²) >= 11 is 0. The van der Waals surface area contributed by atoms with Crippen LogP contribution in [0.5, 0.6) is 0 Å². The van der Waals surface area contributed by atoms with Gasteiger partial charge < -0.3 is 10.0 Å². The number of aromatic nitrogens is 4. The van der Waals surface area contributed by atoms with Crippen molar-refractivity contribution in [2.24, 2.45) is 5.41 Å². The number of fused-ring (bicyclic) bond motifs is 1. The Hall–Kier alpha value is -3.00. The molecule has 1 aromatic carbocycles. The van der Waals surface area contributed by atoms with Crippen LogP contribution in [0.25, 0.3) is 5.69 Å². The lowest BCUT2D eigenvalue weighted by molar-refractivity contribution is 0.0674. The molecule has 0 saturated heterocycles. The number of aliphatic hydroxyl groups excluding tert-OH is 1. The normalized spacial score (nSPS) is 15.9. The third-order valence-electron chi connectivity index (χ3n) is 4.97. The summed E-state index contributed by atoms with van der Waals surface area (Å²) < 4.78 is 16.0. The molecule has 0 aliphatic carbocycles. The van der Waals surface area contributed by atoms with Gasteiger partial charge in [-0.25, -0.2) is 9.07 Å². The number of rotatable bonds is 3. The fraction of sp³-hybridized carbons (Fsp3) is 0.350. The first kappa shape index (κ1) is 18.4. The third-order valence-corrected chi connectivity index (χ3v) is 4.97. The van der Waals surface area contributed by atoms with Gasteiger partial charge in [-0.3, -0.25) is 9.89 Å². The zero-order chi connectivity index (χ0) is 19.9. The van der Waals surface area contributed by atoms with Crippen molar-refractivity contribution in [2.45, 2.75) is 33.4 Å². The van der Waals surface area contributed by atoms with Crippen LogP contribution in [0.3, 0.4) is 0 Å². The highest BCUT2D eigenvalue weighted by molar-refractivity contribution is 5.92. The smallest absolute Gasteiger partial charge is 0.274 e. The number of hydrogen-bond donors (Lipinski definition) is 2. The molecule has 4 rings (SSSR count). The molecule has 2 N–H and O–H groups in total. The van der Waals surface area contributed by atoms with E-state index in [4.69, 9.17) is 0 Å². The number of amides is 1. The molecule has 1 aliphatic rings. The quantitative estimate of drug-likeness (QED) is 0.727. The Labute approximate surface area is 161 Å². The van der Waals surface area contributed by atoms with Gasteiger partial charge in [-0.05, 0) is 30.0 Å². The zero-order valence-corrected chi connectivity index (χ0v) is 15.8. The van der Waals surface area contributed by atoms with Crippen molar-refractivity contribution in [2.75, 3.05) is 6.54 Å². The maximum atomic E-state index is 14.3. The third kappa shape index (κ3) is 3.31. The standard InChI is InChI=1S/C20H22FN5O2/c1-20(2)8-18-13(9-22-26(18)17-6-4-3-5-15(17)21)10-25(12-20)19(28)16-7-14(11-27)23-24-16/h3-7,9,27H,8,10-12H2,1-2H3,(H,23,24). The first-order valence-electron chi connectivity index (χ1n) is 9.13. The first-order valence-corrected chi connectivity index (χ1v) is 9.13. The van der Waals surface area contributed by atoms with Crippen LogP contribution in [0.15, 0.2) is 36.5 Å². The van der Waals surface area contributed by atoms with Crippen LogP contribution in [0, 0.1) is 11.2 Å². The van der Waals surface area contributed by atoms with Crippen molar-refractivity contribution in [3.05, 3.63) is 65.0 Å². The second-order valence-corrected chi connectivity index (χ2v) is 7.92. The molecule has 0 atom stereocenters. The molecule has 0 radical (unpaired) electrons. The average molecular weight is 383 g/mol. The molecule has 0 saturated carbocycles. The molecular weight excluding hydrogens is 361 g/mol. The number of aromatic amines is 1. The highest BCUT2D eigenvalue weighted by Gasteiger charge is 2.34.